The van der Waals surface area contributed by atoms with Gasteiger partial charge in [0.2, 0.25) is 0 Å². The van der Waals surface area contributed by atoms with Crippen LogP contribution in [0.2, 0.25) is 0 Å². The van der Waals surface area contributed by atoms with E-state index in [0.29, 0.717) is 6.42 Å². The van der Waals surface area contributed by atoms with Crippen molar-refractivity contribution < 1.29 is 14.3 Å². The molecule has 0 amide bonds. The molecule has 0 spiro atoms. The number of methoxy groups -OCH3 is 2. The minimum atomic E-state index is -0.285. The van der Waals surface area contributed by atoms with Crippen molar-refractivity contribution in [2.45, 2.75) is 17.6 Å². The number of nitrogens with zero attached hydrogens (tertiary/aromatic N) is 1. The third kappa shape index (κ3) is 3.89. The molecule has 114 valence electrons. The van der Waals surface area contributed by atoms with Crippen LogP contribution in [0.5, 0.6) is 5.75 Å². The van der Waals surface area contributed by atoms with Gasteiger partial charge < -0.3 is 19.8 Å². The number of likely N-dealkylation sites (N-methyl/N-ethyl adjacent to an activating group) is 1. The summed E-state index contributed by atoms with van der Waals surface area (Å²) in [4.78, 5) is 19.2. The van der Waals surface area contributed by atoms with E-state index in [4.69, 9.17) is 9.47 Å². The molecule has 0 aliphatic heterocycles. The molecular weight excluding hydrogens is 290 g/mol. The first-order chi connectivity index (χ1) is 10.2. The lowest BCUT2D eigenvalue weighted by molar-refractivity contribution is -0.143. The Labute approximate surface area is 127 Å². The Balaban J connectivity index is 1.95. The average Bonchev–Trinajstić information content (AvgIpc) is 2.92. The standard InChI is InChI=1S/C14H19N3O3S/c1-15-11(13(18)20-3)6-7-21-14-16-10-5-4-9(19-2)8-12(10)17-14/h4-5,8,11,15H,6-7H2,1-3H3,(H,16,17). The van der Waals surface area contributed by atoms with Crippen LogP contribution in [0.3, 0.4) is 0 Å². The van der Waals surface area contributed by atoms with Gasteiger partial charge in [-0.3, -0.25) is 4.79 Å². The Morgan fingerprint density at radius 1 is 1.48 bits per heavy atom. The van der Waals surface area contributed by atoms with Crippen LogP contribution in [0.15, 0.2) is 23.4 Å². The number of ether oxygens (including phenoxy) is 2. The van der Waals surface area contributed by atoms with E-state index in [2.05, 4.69) is 15.3 Å². The van der Waals surface area contributed by atoms with Gasteiger partial charge in [-0.25, -0.2) is 4.98 Å². The molecule has 2 rings (SSSR count). The van der Waals surface area contributed by atoms with E-state index in [1.54, 1.807) is 25.9 Å². The van der Waals surface area contributed by atoms with Gasteiger partial charge in [0.1, 0.15) is 11.8 Å². The molecule has 21 heavy (non-hydrogen) atoms. The Morgan fingerprint density at radius 3 is 2.95 bits per heavy atom. The second-order valence-corrected chi connectivity index (χ2v) is 5.51. The number of imidazole rings is 1. The van der Waals surface area contributed by atoms with Crippen LogP contribution in [0.4, 0.5) is 0 Å². The number of rotatable bonds is 7. The van der Waals surface area contributed by atoms with Crippen molar-refractivity contribution in [3.8, 4) is 5.75 Å². The number of nitrogens with one attached hydrogen (secondary N) is 2. The summed E-state index contributed by atoms with van der Waals surface area (Å²) in [6.45, 7) is 0. The molecule has 1 aromatic carbocycles. The maximum Gasteiger partial charge on any atom is 0.322 e. The molecule has 0 bridgehead atoms. The number of benzene rings is 1. The minimum absolute atomic E-state index is 0.243. The molecule has 6 nitrogen and oxygen atoms in total. The lowest BCUT2D eigenvalue weighted by Crippen LogP contribution is -2.35. The van der Waals surface area contributed by atoms with Crippen LogP contribution in [-0.4, -0.2) is 49.0 Å². The molecule has 1 heterocycles. The normalized spacial score (nSPS) is 12.3. The van der Waals surface area contributed by atoms with Gasteiger partial charge in [0.25, 0.3) is 0 Å². The van der Waals surface area contributed by atoms with Crippen molar-refractivity contribution >= 4 is 28.8 Å². The first-order valence-electron chi connectivity index (χ1n) is 6.59. The zero-order valence-electron chi connectivity index (χ0n) is 12.3. The summed E-state index contributed by atoms with van der Waals surface area (Å²) in [6.07, 6.45) is 0.675. The first kappa shape index (κ1) is 15.7. The smallest absolute Gasteiger partial charge is 0.322 e. The van der Waals surface area contributed by atoms with Crippen molar-refractivity contribution in [1.82, 2.24) is 15.3 Å². The van der Waals surface area contributed by atoms with Gasteiger partial charge in [-0.1, -0.05) is 11.8 Å². The van der Waals surface area contributed by atoms with Crippen LogP contribution in [-0.2, 0) is 9.53 Å². The molecule has 1 atom stereocenters. The van der Waals surface area contributed by atoms with E-state index in [1.165, 1.54) is 7.11 Å². The third-order valence-corrected chi connectivity index (χ3v) is 4.05. The molecule has 2 aromatic rings. The van der Waals surface area contributed by atoms with Crippen LogP contribution >= 0.6 is 11.8 Å². The number of hydrogen-bond acceptors (Lipinski definition) is 6. The highest BCUT2D eigenvalue weighted by atomic mass is 32.2. The molecule has 1 unspecified atom stereocenters. The second-order valence-electron chi connectivity index (χ2n) is 4.43. The summed E-state index contributed by atoms with van der Waals surface area (Å²) >= 11 is 1.58. The molecule has 0 aliphatic carbocycles. The van der Waals surface area contributed by atoms with Gasteiger partial charge in [0.05, 0.1) is 25.3 Å². The molecule has 2 N–H and O–H groups in total. The highest BCUT2D eigenvalue weighted by molar-refractivity contribution is 7.99. The van der Waals surface area contributed by atoms with Crippen LogP contribution in [0, 0.1) is 0 Å². The lowest BCUT2D eigenvalue weighted by Gasteiger charge is -2.12. The molecule has 1 aromatic heterocycles. The van der Waals surface area contributed by atoms with Crippen LogP contribution < -0.4 is 10.1 Å². The number of H-pyrrole nitrogens is 1. The van der Waals surface area contributed by atoms with Gasteiger partial charge in [-0.05, 0) is 25.6 Å². The lowest BCUT2D eigenvalue weighted by atomic mass is 10.2. The number of thioether (sulfide) groups is 1. The zero-order valence-corrected chi connectivity index (χ0v) is 13.1. The fourth-order valence-electron chi connectivity index (χ4n) is 1.96. The molecule has 7 heteroatoms. The number of aromatic nitrogens is 2. The van der Waals surface area contributed by atoms with E-state index in [9.17, 15) is 4.79 Å². The Morgan fingerprint density at radius 2 is 2.29 bits per heavy atom. The highest BCUT2D eigenvalue weighted by Gasteiger charge is 2.16. The summed E-state index contributed by atoms with van der Waals surface area (Å²) in [5, 5.41) is 3.78. The molecule has 0 radical (unpaired) electrons. The van der Waals surface area contributed by atoms with Crippen molar-refractivity contribution in [2.24, 2.45) is 0 Å². The van der Waals surface area contributed by atoms with Gasteiger partial charge in [0, 0.05) is 11.8 Å². The van der Waals surface area contributed by atoms with E-state index >= 15 is 0 Å². The largest absolute Gasteiger partial charge is 0.497 e. The summed E-state index contributed by atoms with van der Waals surface area (Å²) < 4.78 is 9.91. The molecule has 0 aliphatic rings. The van der Waals surface area contributed by atoms with Crippen molar-refractivity contribution in [2.75, 3.05) is 27.0 Å². The Kier molecular flexibility index (Phi) is 5.46. The number of carbonyl (C=O) groups excluding carboxylic acids is 1. The van der Waals surface area contributed by atoms with Crippen molar-refractivity contribution in [3.05, 3.63) is 18.2 Å². The number of carbonyl (C=O) groups is 1. The number of fused-ring (bicyclic) bond motifs is 1. The van der Waals surface area contributed by atoms with Gasteiger partial charge in [0.15, 0.2) is 5.16 Å². The van der Waals surface area contributed by atoms with Gasteiger partial charge in [-0.2, -0.15) is 0 Å². The second kappa shape index (κ2) is 7.33. The van der Waals surface area contributed by atoms with E-state index in [1.807, 2.05) is 18.2 Å². The molecular formula is C14H19N3O3S. The summed E-state index contributed by atoms with van der Waals surface area (Å²) in [7, 11) is 4.78. The maximum absolute atomic E-state index is 11.5. The monoisotopic (exact) mass is 309 g/mol. The fourth-order valence-corrected chi connectivity index (χ4v) is 2.85. The third-order valence-electron chi connectivity index (χ3n) is 3.15. The highest BCUT2D eigenvalue weighted by Crippen LogP contribution is 2.23. The fraction of sp³-hybridized carbons (Fsp3) is 0.429. The minimum Gasteiger partial charge on any atom is -0.497 e. The van der Waals surface area contributed by atoms with E-state index in [0.717, 1.165) is 27.7 Å². The van der Waals surface area contributed by atoms with Crippen molar-refractivity contribution in [3.63, 3.8) is 0 Å². The molecule has 0 saturated carbocycles. The van der Waals surface area contributed by atoms with Crippen molar-refractivity contribution in [1.29, 1.82) is 0 Å². The predicted octanol–water partition coefficient (Wildman–Crippen LogP) is 1.81. The maximum atomic E-state index is 11.5. The molecule has 0 saturated heterocycles. The Bertz CT molecular complexity index is 615. The van der Waals surface area contributed by atoms with Gasteiger partial charge >= 0.3 is 5.97 Å². The first-order valence-corrected chi connectivity index (χ1v) is 7.58. The van der Waals surface area contributed by atoms with Gasteiger partial charge in [-0.15, -0.1) is 0 Å². The number of aromatic amines is 1. The quantitative estimate of drug-likeness (QED) is 0.600. The number of hydrogen-bond donors (Lipinski definition) is 2. The van der Waals surface area contributed by atoms with E-state index in [-0.39, 0.29) is 12.0 Å². The van der Waals surface area contributed by atoms with E-state index < -0.39 is 0 Å². The summed E-state index contributed by atoms with van der Waals surface area (Å²) in [5.74, 6) is 1.31. The summed E-state index contributed by atoms with van der Waals surface area (Å²) in [6, 6.07) is 5.43. The topological polar surface area (TPSA) is 76.2 Å². The van der Waals surface area contributed by atoms with Crippen LogP contribution in [0.1, 0.15) is 6.42 Å². The SMILES string of the molecule is CNC(CCSc1nc2ccc(OC)cc2[nH]1)C(=O)OC. The zero-order chi connectivity index (χ0) is 15.2. The Hall–Kier alpha value is -1.73. The van der Waals surface area contributed by atoms with Crippen LogP contribution in [0.25, 0.3) is 11.0 Å². The summed E-state index contributed by atoms with van der Waals surface area (Å²) in [5.41, 5.74) is 1.84. The number of esters is 1. The average molecular weight is 309 g/mol. The predicted molar refractivity (Wildman–Crippen MR) is 82.9 cm³/mol. The molecule has 0 fully saturated rings.